The molecule has 1 fully saturated rings. The van der Waals surface area contributed by atoms with Crippen LogP contribution < -0.4 is 15.8 Å². The molecular formula is C15H22FN3O2. The molecule has 6 heteroatoms. The third-order valence-corrected chi connectivity index (χ3v) is 3.51. The number of hydrogen-bond donors (Lipinski definition) is 2. The van der Waals surface area contributed by atoms with Gasteiger partial charge in [-0.25, -0.2) is 4.39 Å². The van der Waals surface area contributed by atoms with Gasteiger partial charge < -0.3 is 15.8 Å². The number of nitrogens with one attached hydrogen (secondary N) is 1. The van der Waals surface area contributed by atoms with Gasteiger partial charge in [0.15, 0.2) is 11.6 Å². The van der Waals surface area contributed by atoms with Crippen molar-refractivity contribution >= 4 is 11.6 Å². The summed E-state index contributed by atoms with van der Waals surface area (Å²) in [5.41, 5.74) is 6.27. The molecule has 1 amide bonds. The van der Waals surface area contributed by atoms with E-state index in [1.807, 2.05) is 0 Å². The first-order valence-electron chi connectivity index (χ1n) is 7.28. The van der Waals surface area contributed by atoms with Crippen molar-refractivity contribution in [2.24, 2.45) is 5.73 Å². The summed E-state index contributed by atoms with van der Waals surface area (Å²) in [7, 11) is 0. The summed E-state index contributed by atoms with van der Waals surface area (Å²) in [5, 5.41) is 2.70. The Morgan fingerprint density at radius 3 is 2.81 bits per heavy atom. The Kier molecular flexibility index (Phi) is 5.52. The van der Waals surface area contributed by atoms with E-state index in [-0.39, 0.29) is 17.7 Å². The molecule has 1 heterocycles. The average Bonchev–Trinajstić information content (AvgIpc) is 2.44. The molecule has 0 spiro atoms. The number of carbonyl (C=O) groups is 1. The minimum atomic E-state index is -0.474. The largest absolute Gasteiger partial charge is 0.491 e. The molecule has 0 aliphatic carbocycles. The van der Waals surface area contributed by atoms with Crippen LogP contribution in [0.15, 0.2) is 18.2 Å². The first-order chi connectivity index (χ1) is 10.1. The molecule has 0 radical (unpaired) electrons. The third-order valence-electron chi connectivity index (χ3n) is 3.51. The topological polar surface area (TPSA) is 67.6 Å². The van der Waals surface area contributed by atoms with Crippen molar-refractivity contribution in [3.63, 3.8) is 0 Å². The van der Waals surface area contributed by atoms with Crippen LogP contribution in [0.4, 0.5) is 10.1 Å². The van der Waals surface area contributed by atoms with E-state index in [2.05, 4.69) is 10.2 Å². The number of amides is 1. The first kappa shape index (κ1) is 15.7. The number of nitrogens with two attached hydrogens (primary N) is 1. The van der Waals surface area contributed by atoms with Crippen LogP contribution in [0.25, 0.3) is 0 Å². The van der Waals surface area contributed by atoms with Gasteiger partial charge in [0, 0.05) is 30.9 Å². The quantitative estimate of drug-likeness (QED) is 0.865. The third kappa shape index (κ3) is 4.68. The second kappa shape index (κ2) is 7.38. The van der Waals surface area contributed by atoms with Gasteiger partial charge in [0.25, 0.3) is 0 Å². The molecule has 0 saturated carbocycles. The van der Waals surface area contributed by atoms with Crippen LogP contribution in [0.3, 0.4) is 0 Å². The van der Waals surface area contributed by atoms with Gasteiger partial charge in [-0.2, -0.15) is 0 Å². The predicted octanol–water partition coefficient (Wildman–Crippen LogP) is 1.59. The first-order valence-corrected chi connectivity index (χ1v) is 7.28. The molecule has 0 bridgehead atoms. The molecule has 1 aliphatic heterocycles. The van der Waals surface area contributed by atoms with Crippen LogP contribution in [0.5, 0.6) is 5.75 Å². The molecule has 0 unspecified atom stereocenters. The number of carbonyl (C=O) groups excluding carboxylic acids is 1. The second-order valence-electron chi connectivity index (χ2n) is 5.24. The number of ether oxygens (including phenoxy) is 1. The normalized spacial score (nSPS) is 16.7. The van der Waals surface area contributed by atoms with Crippen LogP contribution in [0.2, 0.25) is 0 Å². The molecule has 1 aromatic rings. The molecule has 1 aromatic carbocycles. The molecule has 0 aromatic heterocycles. The SMILES string of the molecule is CCOc1ccc(NC(=O)CN2CCC(N)CC2)cc1F. The highest BCUT2D eigenvalue weighted by Gasteiger charge is 2.18. The maximum absolute atomic E-state index is 13.7. The predicted molar refractivity (Wildman–Crippen MR) is 79.8 cm³/mol. The van der Waals surface area contributed by atoms with E-state index in [0.717, 1.165) is 25.9 Å². The minimum absolute atomic E-state index is 0.144. The zero-order valence-corrected chi connectivity index (χ0v) is 12.3. The van der Waals surface area contributed by atoms with E-state index in [1.165, 1.54) is 12.1 Å². The van der Waals surface area contributed by atoms with Crippen molar-refractivity contribution in [2.45, 2.75) is 25.8 Å². The van der Waals surface area contributed by atoms with Crippen molar-refractivity contribution in [1.29, 1.82) is 0 Å². The monoisotopic (exact) mass is 295 g/mol. The number of anilines is 1. The zero-order valence-electron chi connectivity index (χ0n) is 12.3. The Hall–Kier alpha value is -1.66. The summed E-state index contributed by atoms with van der Waals surface area (Å²) in [4.78, 5) is 14.0. The maximum atomic E-state index is 13.7. The maximum Gasteiger partial charge on any atom is 0.238 e. The van der Waals surface area contributed by atoms with Crippen LogP contribution in [-0.4, -0.2) is 43.1 Å². The van der Waals surface area contributed by atoms with Crippen molar-refractivity contribution in [3.05, 3.63) is 24.0 Å². The van der Waals surface area contributed by atoms with Gasteiger partial charge in [0.2, 0.25) is 5.91 Å². The van der Waals surface area contributed by atoms with E-state index < -0.39 is 5.82 Å². The fourth-order valence-corrected chi connectivity index (χ4v) is 2.37. The Labute approximate surface area is 124 Å². The fraction of sp³-hybridized carbons (Fsp3) is 0.533. The van der Waals surface area contributed by atoms with E-state index in [9.17, 15) is 9.18 Å². The van der Waals surface area contributed by atoms with E-state index in [1.54, 1.807) is 13.0 Å². The average molecular weight is 295 g/mol. The lowest BCUT2D eigenvalue weighted by Gasteiger charge is -2.29. The lowest BCUT2D eigenvalue weighted by molar-refractivity contribution is -0.117. The van der Waals surface area contributed by atoms with E-state index in [4.69, 9.17) is 10.5 Å². The summed E-state index contributed by atoms with van der Waals surface area (Å²) in [6, 6.07) is 4.67. The minimum Gasteiger partial charge on any atom is -0.491 e. The van der Waals surface area contributed by atoms with Crippen molar-refractivity contribution < 1.29 is 13.9 Å². The number of benzene rings is 1. The molecule has 2 rings (SSSR count). The standard InChI is InChI=1S/C15H22FN3O2/c1-2-21-14-4-3-12(9-13(14)16)18-15(20)10-19-7-5-11(17)6-8-19/h3-4,9,11H,2,5-8,10,17H2,1H3,(H,18,20). The number of piperidine rings is 1. The van der Waals surface area contributed by atoms with Crippen molar-refractivity contribution in [1.82, 2.24) is 4.90 Å². The van der Waals surface area contributed by atoms with Crippen LogP contribution in [-0.2, 0) is 4.79 Å². The Bertz CT molecular complexity index is 488. The van der Waals surface area contributed by atoms with Crippen molar-refractivity contribution in [2.75, 3.05) is 31.6 Å². The zero-order chi connectivity index (χ0) is 15.2. The molecule has 5 nitrogen and oxygen atoms in total. The van der Waals surface area contributed by atoms with Gasteiger partial charge in [-0.15, -0.1) is 0 Å². The number of rotatable bonds is 5. The number of hydrogen-bond acceptors (Lipinski definition) is 4. The van der Waals surface area contributed by atoms with Gasteiger partial charge in [0.1, 0.15) is 0 Å². The van der Waals surface area contributed by atoms with E-state index in [0.29, 0.717) is 18.8 Å². The highest BCUT2D eigenvalue weighted by molar-refractivity contribution is 5.92. The Morgan fingerprint density at radius 2 is 2.19 bits per heavy atom. The molecule has 116 valence electrons. The molecule has 21 heavy (non-hydrogen) atoms. The lowest BCUT2D eigenvalue weighted by Crippen LogP contribution is -2.43. The summed E-state index contributed by atoms with van der Waals surface area (Å²) in [6.45, 7) is 4.15. The number of nitrogens with zero attached hydrogens (tertiary/aromatic N) is 1. The summed E-state index contributed by atoms with van der Waals surface area (Å²) >= 11 is 0. The Morgan fingerprint density at radius 1 is 1.48 bits per heavy atom. The molecule has 0 atom stereocenters. The smallest absolute Gasteiger partial charge is 0.238 e. The molecule has 1 aliphatic rings. The van der Waals surface area contributed by atoms with Gasteiger partial charge in [-0.1, -0.05) is 0 Å². The van der Waals surface area contributed by atoms with Crippen LogP contribution in [0.1, 0.15) is 19.8 Å². The highest BCUT2D eigenvalue weighted by Crippen LogP contribution is 2.21. The van der Waals surface area contributed by atoms with Gasteiger partial charge in [-0.05, 0) is 31.9 Å². The summed E-state index contributed by atoms with van der Waals surface area (Å²) in [5.74, 6) is -0.423. The second-order valence-corrected chi connectivity index (χ2v) is 5.24. The Balaban J connectivity index is 1.86. The van der Waals surface area contributed by atoms with Crippen LogP contribution in [0, 0.1) is 5.82 Å². The van der Waals surface area contributed by atoms with Gasteiger partial charge >= 0.3 is 0 Å². The fourth-order valence-electron chi connectivity index (χ4n) is 2.37. The van der Waals surface area contributed by atoms with Crippen molar-refractivity contribution in [3.8, 4) is 5.75 Å². The summed E-state index contributed by atoms with van der Waals surface area (Å²) < 4.78 is 18.8. The van der Waals surface area contributed by atoms with Crippen LogP contribution >= 0.6 is 0 Å². The van der Waals surface area contributed by atoms with E-state index >= 15 is 0 Å². The highest BCUT2D eigenvalue weighted by atomic mass is 19.1. The summed E-state index contributed by atoms with van der Waals surface area (Å²) in [6.07, 6.45) is 1.82. The van der Waals surface area contributed by atoms with Gasteiger partial charge in [0.05, 0.1) is 13.2 Å². The molecule has 1 saturated heterocycles. The van der Waals surface area contributed by atoms with Gasteiger partial charge in [-0.3, -0.25) is 9.69 Å². The number of likely N-dealkylation sites (tertiary alicyclic amines) is 1. The number of halogens is 1. The molecular weight excluding hydrogens is 273 g/mol. The lowest BCUT2D eigenvalue weighted by atomic mass is 10.1. The molecule has 3 N–H and O–H groups in total.